The van der Waals surface area contributed by atoms with Gasteiger partial charge in [0.2, 0.25) is 0 Å². The fraction of sp³-hybridized carbons (Fsp3) is 0.500. The highest BCUT2D eigenvalue weighted by atomic mass is 16.6. The van der Waals surface area contributed by atoms with Crippen molar-refractivity contribution in [2.45, 2.75) is 52.0 Å². The molecule has 1 aromatic carbocycles. The molecule has 0 spiro atoms. The van der Waals surface area contributed by atoms with Crippen molar-refractivity contribution < 1.29 is 19.6 Å². The predicted octanol–water partition coefficient (Wildman–Crippen LogP) is 3.09. The maximum absolute atomic E-state index is 12.3. The standard InChI is InChI=1S/C16H22N2O5/c1-10(2)12-6-5-11(9-13(12)18(22)23)15(21)17-16(3,4)8-7-14(19)20/h5-6,9-10H,7-8H2,1-4H3,(H,17,21)(H,19,20). The fourth-order valence-electron chi connectivity index (χ4n) is 2.19. The average molecular weight is 322 g/mol. The molecule has 0 saturated carbocycles. The smallest absolute Gasteiger partial charge is 0.303 e. The molecule has 0 saturated heterocycles. The van der Waals surface area contributed by atoms with Gasteiger partial charge in [-0.15, -0.1) is 0 Å². The van der Waals surface area contributed by atoms with Crippen molar-refractivity contribution in [1.29, 1.82) is 0 Å². The highest BCUT2D eigenvalue weighted by molar-refractivity contribution is 5.95. The molecule has 1 aromatic rings. The zero-order valence-electron chi connectivity index (χ0n) is 13.8. The van der Waals surface area contributed by atoms with E-state index in [1.165, 1.54) is 6.07 Å². The summed E-state index contributed by atoms with van der Waals surface area (Å²) in [6.07, 6.45) is 0.194. The summed E-state index contributed by atoms with van der Waals surface area (Å²) in [6, 6.07) is 4.39. The molecule has 0 aliphatic carbocycles. The van der Waals surface area contributed by atoms with Crippen LogP contribution in [0.5, 0.6) is 0 Å². The molecule has 0 bridgehead atoms. The molecule has 7 heteroatoms. The summed E-state index contributed by atoms with van der Waals surface area (Å²) in [6.45, 7) is 7.11. The number of amides is 1. The van der Waals surface area contributed by atoms with E-state index >= 15 is 0 Å². The van der Waals surface area contributed by atoms with Crippen LogP contribution in [0.4, 0.5) is 5.69 Å². The molecule has 0 fully saturated rings. The summed E-state index contributed by atoms with van der Waals surface area (Å²) in [4.78, 5) is 33.6. The van der Waals surface area contributed by atoms with Crippen molar-refractivity contribution in [2.24, 2.45) is 0 Å². The summed E-state index contributed by atoms with van der Waals surface area (Å²) in [5.74, 6) is -1.43. The van der Waals surface area contributed by atoms with E-state index in [0.717, 1.165) is 0 Å². The number of nitro groups is 1. The summed E-state index contributed by atoms with van der Waals surface area (Å²) >= 11 is 0. The Morgan fingerprint density at radius 3 is 2.43 bits per heavy atom. The molecule has 7 nitrogen and oxygen atoms in total. The molecule has 0 aliphatic rings. The Morgan fingerprint density at radius 2 is 1.96 bits per heavy atom. The third-order valence-corrected chi connectivity index (χ3v) is 3.53. The molecule has 0 aliphatic heterocycles. The van der Waals surface area contributed by atoms with E-state index in [1.54, 1.807) is 26.0 Å². The van der Waals surface area contributed by atoms with Crippen molar-refractivity contribution in [2.75, 3.05) is 0 Å². The second-order valence-electron chi connectivity index (χ2n) is 6.42. The number of carboxylic acids is 1. The fourth-order valence-corrected chi connectivity index (χ4v) is 2.19. The topological polar surface area (TPSA) is 110 Å². The van der Waals surface area contributed by atoms with E-state index in [2.05, 4.69) is 5.32 Å². The first-order chi connectivity index (χ1) is 10.5. The van der Waals surface area contributed by atoms with Crippen LogP contribution in [0.15, 0.2) is 18.2 Å². The van der Waals surface area contributed by atoms with Crippen LogP contribution in [0.2, 0.25) is 0 Å². The third kappa shape index (κ3) is 5.36. The molecule has 0 radical (unpaired) electrons. The minimum Gasteiger partial charge on any atom is -0.481 e. The van der Waals surface area contributed by atoms with E-state index in [0.29, 0.717) is 5.56 Å². The number of aliphatic carboxylic acids is 1. The van der Waals surface area contributed by atoms with Gasteiger partial charge in [0.25, 0.3) is 11.6 Å². The molecule has 1 amide bonds. The third-order valence-electron chi connectivity index (χ3n) is 3.53. The molecule has 0 aromatic heterocycles. The number of hydrogen-bond donors (Lipinski definition) is 2. The summed E-state index contributed by atoms with van der Waals surface area (Å²) < 4.78 is 0. The van der Waals surface area contributed by atoms with Crippen molar-refractivity contribution in [3.05, 3.63) is 39.4 Å². The van der Waals surface area contributed by atoms with Gasteiger partial charge in [0.1, 0.15) is 0 Å². The van der Waals surface area contributed by atoms with Gasteiger partial charge in [0.05, 0.1) is 4.92 Å². The minimum atomic E-state index is -0.941. The normalized spacial score (nSPS) is 11.3. The first-order valence-corrected chi connectivity index (χ1v) is 7.36. The molecule has 0 heterocycles. The zero-order chi connectivity index (χ0) is 17.8. The van der Waals surface area contributed by atoms with Crippen LogP contribution in [-0.4, -0.2) is 27.4 Å². The zero-order valence-corrected chi connectivity index (χ0v) is 13.8. The van der Waals surface area contributed by atoms with Crippen LogP contribution in [-0.2, 0) is 4.79 Å². The lowest BCUT2D eigenvalue weighted by Crippen LogP contribution is -2.43. The number of nitrogens with zero attached hydrogens (tertiary/aromatic N) is 1. The molecule has 23 heavy (non-hydrogen) atoms. The second kappa shape index (κ2) is 7.21. The maximum Gasteiger partial charge on any atom is 0.303 e. The van der Waals surface area contributed by atoms with Gasteiger partial charge in [0.15, 0.2) is 0 Å². The first-order valence-electron chi connectivity index (χ1n) is 7.36. The van der Waals surface area contributed by atoms with Crippen molar-refractivity contribution in [3.63, 3.8) is 0 Å². The molecular weight excluding hydrogens is 300 g/mol. The van der Waals surface area contributed by atoms with Crippen LogP contribution in [0.1, 0.15) is 62.4 Å². The Morgan fingerprint density at radius 1 is 1.35 bits per heavy atom. The lowest BCUT2D eigenvalue weighted by atomic mass is 9.96. The lowest BCUT2D eigenvalue weighted by molar-refractivity contribution is -0.385. The van der Waals surface area contributed by atoms with Crippen LogP contribution in [0.3, 0.4) is 0 Å². The number of carbonyl (C=O) groups excluding carboxylic acids is 1. The minimum absolute atomic E-state index is 0.0282. The first kappa shape index (κ1) is 18.6. The number of carboxylic acid groups (broad SMARTS) is 1. The number of nitrogens with one attached hydrogen (secondary N) is 1. The average Bonchev–Trinajstić information content (AvgIpc) is 2.44. The molecule has 2 N–H and O–H groups in total. The van der Waals surface area contributed by atoms with Crippen molar-refractivity contribution in [3.8, 4) is 0 Å². The monoisotopic (exact) mass is 322 g/mol. The predicted molar refractivity (Wildman–Crippen MR) is 85.6 cm³/mol. The highest BCUT2D eigenvalue weighted by Crippen LogP contribution is 2.27. The number of benzene rings is 1. The Bertz CT molecular complexity index is 623. The van der Waals surface area contributed by atoms with Crippen molar-refractivity contribution >= 4 is 17.6 Å². The van der Waals surface area contributed by atoms with Crippen LogP contribution in [0.25, 0.3) is 0 Å². The number of nitro benzene ring substituents is 1. The van der Waals surface area contributed by atoms with Gasteiger partial charge in [-0.2, -0.15) is 0 Å². The van der Waals surface area contributed by atoms with Gasteiger partial charge in [0, 0.05) is 29.2 Å². The quantitative estimate of drug-likeness (QED) is 0.592. The highest BCUT2D eigenvalue weighted by Gasteiger charge is 2.24. The molecule has 126 valence electrons. The van der Waals surface area contributed by atoms with E-state index in [-0.39, 0.29) is 30.0 Å². The van der Waals surface area contributed by atoms with Crippen molar-refractivity contribution in [1.82, 2.24) is 5.32 Å². The lowest BCUT2D eigenvalue weighted by Gasteiger charge is -2.25. The van der Waals surface area contributed by atoms with Gasteiger partial charge < -0.3 is 10.4 Å². The summed E-state index contributed by atoms with van der Waals surface area (Å²) in [5.41, 5.74) is -0.0572. The van der Waals surface area contributed by atoms with E-state index in [9.17, 15) is 19.7 Å². The van der Waals surface area contributed by atoms with Crippen LogP contribution >= 0.6 is 0 Å². The van der Waals surface area contributed by atoms with Gasteiger partial charge in [-0.1, -0.05) is 19.9 Å². The number of hydrogen-bond acceptors (Lipinski definition) is 4. The van der Waals surface area contributed by atoms with E-state index < -0.39 is 22.3 Å². The number of carbonyl (C=O) groups is 2. The molecule has 0 atom stereocenters. The Labute approximate surface area is 134 Å². The Hall–Kier alpha value is -2.44. The van der Waals surface area contributed by atoms with E-state index in [4.69, 9.17) is 5.11 Å². The van der Waals surface area contributed by atoms with E-state index in [1.807, 2.05) is 13.8 Å². The molecular formula is C16H22N2O5. The molecule has 1 rings (SSSR count). The van der Waals surface area contributed by atoms with Crippen LogP contribution < -0.4 is 5.32 Å². The Balaban J connectivity index is 2.98. The summed E-state index contributed by atoms with van der Waals surface area (Å²) in [7, 11) is 0. The number of rotatable bonds is 7. The van der Waals surface area contributed by atoms with Gasteiger partial charge >= 0.3 is 5.97 Å². The second-order valence-corrected chi connectivity index (χ2v) is 6.42. The molecule has 0 unspecified atom stereocenters. The van der Waals surface area contributed by atoms with Crippen LogP contribution in [0, 0.1) is 10.1 Å². The maximum atomic E-state index is 12.3. The SMILES string of the molecule is CC(C)c1ccc(C(=O)NC(C)(C)CCC(=O)O)cc1[N+](=O)[O-]. The largest absolute Gasteiger partial charge is 0.481 e. The van der Waals surface area contributed by atoms with Gasteiger partial charge in [-0.05, 0) is 32.3 Å². The Kier molecular flexibility index (Phi) is 5.84. The van der Waals surface area contributed by atoms with Gasteiger partial charge in [-0.3, -0.25) is 19.7 Å². The van der Waals surface area contributed by atoms with Gasteiger partial charge in [-0.25, -0.2) is 0 Å². The summed E-state index contributed by atoms with van der Waals surface area (Å²) in [5, 5.41) is 22.6.